The Morgan fingerprint density at radius 2 is 1.93 bits per heavy atom. The van der Waals surface area contributed by atoms with E-state index in [2.05, 4.69) is 28.6 Å². The van der Waals surface area contributed by atoms with E-state index in [1.807, 2.05) is 38.1 Å². The molecule has 0 N–H and O–H groups in total. The predicted molar refractivity (Wildman–Crippen MR) is 115 cm³/mol. The minimum atomic E-state index is 0.0621. The predicted octanol–water partition coefficient (Wildman–Crippen LogP) is 4.78. The Labute approximate surface area is 175 Å². The number of carbonyl (C=O) groups is 1. The number of rotatable bonds is 9. The van der Waals surface area contributed by atoms with Crippen LogP contribution in [0.25, 0.3) is 11.5 Å². The number of Topliss-reactive ketones (excluding diaryl/α,β-unsaturated/α-hetero) is 1. The molecule has 0 saturated heterocycles. The van der Waals surface area contributed by atoms with Gasteiger partial charge < -0.3 is 13.7 Å². The summed E-state index contributed by atoms with van der Waals surface area (Å²) in [4.78, 5) is 12.7. The molecule has 0 saturated carbocycles. The normalized spacial score (nSPS) is 11.2. The van der Waals surface area contributed by atoms with Gasteiger partial charge in [0.1, 0.15) is 0 Å². The molecular weight excluding hydrogens is 386 g/mol. The lowest BCUT2D eigenvalue weighted by molar-refractivity contribution is 0.102. The first-order chi connectivity index (χ1) is 13.9. The van der Waals surface area contributed by atoms with Crippen LogP contribution in [0.3, 0.4) is 0 Å². The minimum absolute atomic E-state index is 0.0621. The highest BCUT2D eigenvalue weighted by molar-refractivity contribution is 7.99. The van der Waals surface area contributed by atoms with Gasteiger partial charge >= 0.3 is 0 Å². The molecule has 7 heteroatoms. The maximum Gasteiger partial charge on any atom is 0.277 e. The molecule has 2 heterocycles. The highest BCUT2D eigenvalue weighted by Crippen LogP contribution is 2.26. The maximum absolute atomic E-state index is 12.7. The highest BCUT2D eigenvalue weighted by atomic mass is 32.2. The lowest BCUT2D eigenvalue weighted by Gasteiger charge is -2.09. The third kappa shape index (κ3) is 4.97. The van der Waals surface area contributed by atoms with Gasteiger partial charge in [0.15, 0.2) is 5.78 Å². The number of hydrogen-bond acceptors (Lipinski definition) is 6. The molecule has 0 spiro atoms. The maximum atomic E-state index is 12.7. The van der Waals surface area contributed by atoms with Crippen LogP contribution in [0, 0.1) is 27.7 Å². The molecule has 29 heavy (non-hydrogen) atoms. The van der Waals surface area contributed by atoms with E-state index in [9.17, 15) is 4.79 Å². The van der Waals surface area contributed by atoms with Crippen LogP contribution in [0.15, 0.2) is 33.9 Å². The van der Waals surface area contributed by atoms with Crippen molar-refractivity contribution in [2.45, 2.75) is 45.9 Å². The van der Waals surface area contributed by atoms with Gasteiger partial charge in [-0.05, 0) is 63.4 Å². The fourth-order valence-corrected chi connectivity index (χ4v) is 3.91. The van der Waals surface area contributed by atoms with Crippen molar-refractivity contribution in [3.05, 3.63) is 52.3 Å². The van der Waals surface area contributed by atoms with Crippen molar-refractivity contribution < 1.29 is 13.9 Å². The number of ether oxygens (including phenoxy) is 1. The Morgan fingerprint density at radius 3 is 2.66 bits per heavy atom. The molecule has 0 fully saturated rings. The number of methoxy groups -OCH3 is 1. The molecule has 0 atom stereocenters. The third-order valence-corrected chi connectivity index (χ3v) is 5.91. The zero-order valence-corrected chi connectivity index (χ0v) is 18.4. The number of hydrogen-bond donors (Lipinski definition) is 0. The number of nitrogens with zero attached hydrogens (tertiary/aromatic N) is 3. The molecule has 1 aromatic carbocycles. The molecule has 0 radical (unpaired) electrons. The zero-order valence-electron chi connectivity index (χ0n) is 17.6. The molecule has 0 unspecified atom stereocenters. The van der Waals surface area contributed by atoms with Gasteiger partial charge in [-0.15, -0.1) is 10.2 Å². The molecule has 3 aromatic rings. The van der Waals surface area contributed by atoms with Crippen molar-refractivity contribution >= 4 is 17.5 Å². The number of carbonyl (C=O) groups excluding carboxylic acids is 1. The van der Waals surface area contributed by atoms with E-state index in [1.165, 1.54) is 22.9 Å². The summed E-state index contributed by atoms with van der Waals surface area (Å²) in [5.74, 6) is 0.795. The van der Waals surface area contributed by atoms with Crippen LogP contribution in [0.2, 0.25) is 0 Å². The SMILES string of the molecule is COCCCn1c(C)cc(C(=O)CSc2nnc(-c3ccc(C)c(C)c3)o2)c1C. The van der Waals surface area contributed by atoms with Crippen LogP contribution in [0.1, 0.15) is 39.3 Å². The zero-order chi connectivity index (χ0) is 21.0. The molecule has 0 bridgehead atoms. The monoisotopic (exact) mass is 413 g/mol. The van der Waals surface area contributed by atoms with Gasteiger partial charge in [0.25, 0.3) is 5.22 Å². The first kappa shape index (κ1) is 21.3. The molecule has 2 aromatic heterocycles. The number of aromatic nitrogens is 3. The topological polar surface area (TPSA) is 70.2 Å². The van der Waals surface area contributed by atoms with Gasteiger partial charge in [0.2, 0.25) is 5.89 Å². The van der Waals surface area contributed by atoms with Crippen molar-refractivity contribution in [3.8, 4) is 11.5 Å². The van der Waals surface area contributed by atoms with Crippen LogP contribution in [0.4, 0.5) is 0 Å². The Hall–Kier alpha value is -2.38. The van der Waals surface area contributed by atoms with Gasteiger partial charge in [-0.1, -0.05) is 17.8 Å². The molecule has 0 aliphatic heterocycles. The van der Waals surface area contributed by atoms with E-state index in [4.69, 9.17) is 9.15 Å². The molecular formula is C22H27N3O3S. The smallest absolute Gasteiger partial charge is 0.277 e. The Bertz CT molecular complexity index is 1010. The van der Waals surface area contributed by atoms with Crippen molar-refractivity contribution in [2.24, 2.45) is 0 Å². The van der Waals surface area contributed by atoms with E-state index >= 15 is 0 Å². The van der Waals surface area contributed by atoms with Gasteiger partial charge in [-0.3, -0.25) is 4.79 Å². The van der Waals surface area contributed by atoms with Crippen molar-refractivity contribution in [1.82, 2.24) is 14.8 Å². The molecule has 0 aliphatic carbocycles. The summed E-state index contributed by atoms with van der Waals surface area (Å²) in [7, 11) is 1.70. The summed E-state index contributed by atoms with van der Waals surface area (Å²) >= 11 is 1.27. The second-order valence-corrected chi connectivity index (χ2v) is 8.09. The van der Waals surface area contributed by atoms with E-state index in [1.54, 1.807) is 7.11 Å². The second-order valence-electron chi connectivity index (χ2n) is 7.17. The summed E-state index contributed by atoms with van der Waals surface area (Å²) in [5.41, 5.74) is 6.10. The van der Waals surface area contributed by atoms with Gasteiger partial charge in [0, 0.05) is 42.8 Å². The van der Waals surface area contributed by atoms with Crippen molar-refractivity contribution in [3.63, 3.8) is 0 Å². The number of benzene rings is 1. The van der Waals surface area contributed by atoms with Gasteiger partial charge in [0.05, 0.1) is 5.75 Å². The molecule has 6 nitrogen and oxygen atoms in total. The summed E-state index contributed by atoms with van der Waals surface area (Å²) in [6.45, 7) is 9.68. The van der Waals surface area contributed by atoms with E-state index in [0.717, 1.165) is 35.5 Å². The van der Waals surface area contributed by atoms with Crippen LogP contribution in [-0.4, -0.2) is 40.0 Å². The molecule has 0 amide bonds. The Kier molecular flexibility index (Phi) is 6.92. The Balaban J connectivity index is 1.65. The summed E-state index contributed by atoms with van der Waals surface area (Å²) in [6, 6.07) is 7.99. The summed E-state index contributed by atoms with van der Waals surface area (Å²) < 4.78 is 13.0. The number of aryl methyl sites for hydroxylation is 3. The molecule has 3 rings (SSSR count). The van der Waals surface area contributed by atoms with E-state index in [0.29, 0.717) is 17.7 Å². The van der Waals surface area contributed by atoms with Crippen molar-refractivity contribution in [2.75, 3.05) is 19.5 Å². The second kappa shape index (κ2) is 9.41. The first-order valence-electron chi connectivity index (χ1n) is 9.63. The fraction of sp³-hybridized carbons (Fsp3) is 0.409. The third-order valence-electron chi connectivity index (χ3n) is 5.09. The van der Waals surface area contributed by atoms with Crippen molar-refractivity contribution in [1.29, 1.82) is 0 Å². The summed E-state index contributed by atoms with van der Waals surface area (Å²) in [6.07, 6.45) is 0.915. The lowest BCUT2D eigenvalue weighted by atomic mass is 10.1. The molecule has 0 aliphatic rings. The van der Waals surface area contributed by atoms with Crippen LogP contribution >= 0.6 is 11.8 Å². The van der Waals surface area contributed by atoms with Gasteiger partial charge in [-0.25, -0.2) is 0 Å². The van der Waals surface area contributed by atoms with Crippen LogP contribution in [-0.2, 0) is 11.3 Å². The standard InChI is InChI=1S/C22H27N3O3S/c1-14-7-8-18(11-15(14)2)21-23-24-22(28-21)29-13-20(26)19-12-16(3)25(17(19)4)9-6-10-27-5/h7-8,11-12H,6,9-10,13H2,1-5H3. The average molecular weight is 414 g/mol. The molecule has 154 valence electrons. The van der Waals surface area contributed by atoms with E-state index in [-0.39, 0.29) is 11.5 Å². The largest absolute Gasteiger partial charge is 0.411 e. The lowest BCUT2D eigenvalue weighted by Crippen LogP contribution is -2.08. The quantitative estimate of drug-likeness (QED) is 0.286. The summed E-state index contributed by atoms with van der Waals surface area (Å²) in [5, 5.41) is 8.60. The number of ketones is 1. The van der Waals surface area contributed by atoms with Crippen LogP contribution < -0.4 is 0 Å². The van der Waals surface area contributed by atoms with E-state index < -0.39 is 0 Å². The fourth-order valence-electron chi connectivity index (χ4n) is 3.26. The van der Waals surface area contributed by atoms with Crippen LogP contribution in [0.5, 0.6) is 0 Å². The minimum Gasteiger partial charge on any atom is -0.411 e. The Morgan fingerprint density at radius 1 is 1.14 bits per heavy atom. The average Bonchev–Trinajstić information content (AvgIpc) is 3.28. The first-order valence-corrected chi connectivity index (χ1v) is 10.6. The highest BCUT2D eigenvalue weighted by Gasteiger charge is 2.17. The van der Waals surface area contributed by atoms with Gasteiger partial charge in [-0.2, -0.15) is 0 Å². The number of thioether (sulfide) groups is 1.